The molecule has 1 unspecified atom stereocenters. The van der Waals surface area contributed by atoms with Gasteiger partial charge in [0.05, 0.1) is 0 Å². The molecule has 0 spiro atoms. The van der Waals surface area contributed by atoms with Crippen molar-refractivity contribution in [3.05, 3.63) is 0 Å². The van der Waals surface area contributed by atoms with E-state index in [0.717, 1.165) is 19.5 Å². The SMILES string of the molecule is O=C(NC1CCCC1)N1CCC(N2CCCC2)C1. The monoisotopic (exact) mass is 251 g/mol. The van der Waals surface area contributed by atoms with Gasteiger partial charge in [0.2, 0.25) is 0 Å². The third kappa shape index (κ3) is 2.63. The molecule has 0 aromatic carbocycles. The zero-order valence-electron chi connectivity index (χ0n) is 11.2. The van der Waals surface area contributed by atoms with Crippen LogP contribution in [0.3, 0.4) is 0 Å². The molecule has 1 atom stereocenters. The molecule has 2 amide bonds. The van der Waals surface area contributed by atoms with E-state index in [4.69, 9.17) is 0 Å². The molecule has 0 radical (unpaired) electrons. The van der Waals surface area contributed by atoms with Gasteiger partial charge in [-0.15, -0.1) is 0 Å². The van der Waals surface area contributed by atoms with E-state index in [1.807, 2.05) is 4.90 Å². The molecule has 2 aliphatic heterocycles. The van der Waals surface area contributed by atoms with E-state index >= 15 is 0 Å². The van der Waals surface area contributed by atoms with E-state index in [0.29, 0.717) is 12.1 Å². The van der Waals surface area contributed by atoms with Crippen LogP contribution in [0.15, 0.2) is 0 Å². The summed E-state index contributed by atoms with van der Waals surface area (Å²) < 4.78 is 0. The molecule has 3 aliphatic rings. The van der Waals surface area contributed by atoms with Gasteiger partial charge >= 0.3 is 6.03 Å². The Kier molecular flexibility index (Phi) is 3.73. The Labute approximate surface area is 110 Å². The van der Waals surface area contributed by atoms with Crippen LogP contribution in [0.2, 0.25) is 0 Å². The van der Waals surface area contributed by atoms with Gasteiger partial charge in [0.15, 0.2) is 0 Å². The average molecular weight is 251 g/mol. The maximum atomic E-state index is 12.2. The van der Waals surface area contributed by atoms with E-state index in [-0.39, 0.29) is 6.03 Å². The van der Waals surface area contributed by atoms with Gasteiger partial charge in [-0.25, -0.2) is 4.79 Å². The van der Waals surface area contributed by atoms with Gasteiger partial charge in [0, 0.05) is 25.2 Å². The zero-order valence-corrected chi connectivity index (χ0v) is 11.2. The highest BCUT2D eigenvalue weighted by Gasteiger charge is 2.32. The van der Waals surface area contributed by atoms with Crippen LogP contribution in [0.5, 0.6) is 0 Å². The summed E-state index contributed by atoms with van der Waals surface area (Å²) in [6.45, 7) is 4.36. The summed E-state index contributed by atoms with van der Waals surface area (Å²) in [6, 6.07) is 1.26. The molecule has 102 valence electrons. The molecule has 0 bridgehead atoms. The lowest BCUT2D eigenvalue weighted by atomic mass is 10.2. The number of amides is 2. The molecular formula is C14H25N3O. The molecule has 3 fully saturated rings. The highest BCUT2D eigenvalue weighted by atomic mass is 16.2. The summed E-state index contributed by atoms with van der Waals surface area (Å²) in [5.41, 5.74) is 0. The molecule has 1 aliphatic carbocycles. The van der Waals surface area contributed by atoms with Crippen LogP contribution in [-0.4, -0.2) is 54.1 Å². The number of rotatable bonds is 2. The van der Waals surface area contributed by atoms with Crippen LogP contribution in [0.25, 0.3) is 0 Å². The van der Waals surface area contributed by atoms with Crippen molar-refractivity contribution in [1.29, 1.82) is 0 Å². The normalized spacial score (nSPS) is 30.2. The zero-order chi connectivity index (χ0) is 12.4. The van der Waals surface area contributed by atoms with Crippen molar-refractivity contribution in [2.24, 2.45) is 0 Å². The number of carbonyl (C=O) groups is 1. The average Bonchev–Trinajstić information content (AvgIpc) is 3.11. The highest BCUT2D eigenvalue weighted by molar-refractivity contribution is 5.74. The second-order valence-corrected chi connectivity index (χ2v) is 6.06. The largest absolute Gasteiger partial charge is 0.335 e. The number of hydrogen-bond donors (Lipinski definition) is 1. The van der Waals surface area contributed by atoms with E-state index in [1.165, 1.54) is 51.6 Å². The maximum absolute atomic E-state index is 12.2. The number of urea groups is 1. The van der Waals surface area contributed by atoms with Gasteiger partial charge in [0.25, 0.3) is 0 Å². The maximum Gasteiger partial charge on any atom is 0.317 e. The standard InChI is InChI=1S/C14H25N3O/c18-14(15-12-5-1-2-6-12)17-10-7-13(11-17)16-8-3-4-9-16/h12-13H,1-11H2,(H,15,18). The molecule has 4 nitrogen and oxygen atoms in total. The summed E-state index contributed by atoms with van der Waals surface area (Å²) in [7, 11) is 0. The summed E-state index contributed by atoms with van der Waals surface area (Å²) in [5, 5.41) is 3.20. The molecule has 18 heavy (non-hydrogen) atoms. The Morgan fingerprint density at radius 2 is 1.67 bits per heavy atom. The Bertz CT molecular complexity index is 295. The lowest BCUT2D eigenvalue weighted by Crippen LogP contribution is -2.44. The first kappa shape index (κ1) is 12.3. The van der Waals surface area contributed by atoms with Gasteiger partial charge < -0.3 is 10.2 Å². The van der Waals surface area contributed by atoms with Crippen LogP contribution in [0.1, 0.15) is 44.9 Å². The first-order valence-corrected chi connectivity index (χ1v) is 7.62. The molecule has 0 aromatic heterocycles. The first-order valence-electron chi connectivity index (χ1n) is 7.62. The summed E-state index contributed by atoms with van der Waals surface area (Å²) >= 11 is 0. The lowest BCUT2D eigenvalue weighted by Gasteiger charge is -2.24. The fraction of sp³-hybridized carbons (Fsp3) is 0.929. The van der Waals surface area contributed by atoms with Crippen LogP contribution < -0.4 is 5.32 Å². The summed E-state index contributed by atoms with van der Waals surface area (Å²) in [4.78, 5) is 16.8. The fourth-order valence-corrected chi connectivity index (χ4v) is 3.67. The number of nitrogens with one attached hydrogen (secondary N) is 1. The number of nitrogens with zero attached hydrogens (tertiary/aromatic N) is 2. The lowest BCUT2D eigenvalue weighted by molar-refractivity contribution is 0.195. The topological polar surface area (TPSA) is 35.6 Å². The first-order chi connectivity index (χ1) is 8.83. The summed E-state index contributed by atoms with van der Waals surface area (Å²) in [6.07, 6.45) is 8.75. The molecule has 1 N–H and O–H groups in total. The second-order valence-electron chi connectivity index (χ2n) is 6.06. The van der Waals surface area contributed by atoms with Crippen LogP contribution in [-0.2, 0) is 0 Å². The Hall–Kier alpha value is -0.770. The van der Waals surface area contributed by atoms with Gasteiger partial charge in [0.1, 0.15) is 0 Å². The molecular weight excluding hydrogens is 226 g/mol. The summed E-state index contributed by atoms with van der Waals surface area (Å²) in [5.74, 6) is 0. The van der Waals surface area contributed by atoms with Crippen molar-refractivity contribution in [3.8, 4) is 0 Å². The highest BCUT2D eigenvalue weighted by Crippen LogP contribution is 2.22. The van der Waals surface area contributed by atoms with Crippen molar-refractivity contribution < 1.29 is 4.79 Å². The predicted molar refractivity (Wildman–Crippen MR) is 71.6 cm³/mol. The van der Waals surface area contributed by atoms with Crippen molar-refractivity contribution in [2.45, 2.75) is 57.0 Å². The second kappa shape index (κ2) is 5.47. The fourth-order valence-electron chi connectivity index (χ4n) is 3.67. The third-order valence-electron chi connectivity index (χ3n) is 4.79. The molecule has 0 aromatic rings. The van der Waals surface area contributed by atoms with Gasteiger partial charge in [-0.05, 0) is 45.2 Å². The van der Waals surface area contributed by atoms with Crippen LogP contribution >= 0.6 is 0 Å². The van der Waals surface area contributed by atoms with Gasteiger partial charge in [-0.1, -0.05) is 12.8 Å². The van der Waals surface area contributed by atoms with E-state index in [9.17, 15) is 4.79 Å². The minimum absolute atomic E-state index is 0.184. The van der Waals surface area contributed by atoms with E-state index in [1.54, 1.807) is 0 Å². The molecule has 2 saturated heterocycles. The predicted octanol–water partition coefficient (Wildman–Crippen LogP) is 1.81. The van der Waals surface area contributed by atoms with Gasteiger partial charge in [-0.3, -0.25) is 4.90 Å². The minimum atomic E-state index is 0.184. The molecule has 1 saturated carbocycles. The third-order valence-corrected chi connectivity index (χ3v) is 4.79. The Balaban J connectivity index is 1.46. The van der Waals surface area contributed by atoms with E-state index in [2.05, 4.69) is 10.2 Å². The Morgan fingerprint density at radius 3 is 2.39 bits per heavy atom. The molecule has 3 rings (SSSR count). The van der Waals surface area contributed by atoms with Crippen molar-refractivity contribution in [1.82, 2.24) is 15.1 Å². The number of likely N-dealkylation sites (tertiary alicyclic amines) is 2. The minimum Gasteiger partial charge on any atom is -0.335 e. The van der Waals surface area contributed by atoms with Crippen LogP contribution in [0, 0.1) is 0 Å². The van der Waals surface area contributed by atoms with Crippen molar-refractivity contribution >= 4 is 6.03 Å². The number of hydrogen-bond acceptors (Lipinski definition) is 2. The van der Waals surface area contributed by atoms with Crippen molar-refractivity contribution in [2.75, 3.05) is 26.2 Å². The van der Waals surface area contributed by atoms with Crippen molar-refractivity contribution in [3.63, 3.8) is 0 Å². The quantitative estimate of drug-likeness (QED) is 0.812. The Morgan fingerprint density at radius 1 is 0.944 bits per heavy atom. The molecule has 2 heterocycles. The smallest absolute Gasteiger partial charge is 0.317 e. The van der Waals surface area contributed by atoms with Crippen LogP contribution in [0.4, 0.5) is 4.79 Å². The van der Waals surface area contributed by atoms with Gasteiger partial charge in [-0.2, -0.15) is 0 Å². The molecule has 4 heteroatoms. The number of carbonyl (C=O) groups excluding carboxylic acids is 1. The van der Waals surface area contributed by atoms with E-state index < -0.39 is 0 Å².